The third-order valence-corrected chi connectivity index (χ3v) is 3.56. The second-order valence-electron chi connectivity index (χ2n) is 4.83. The molecule has 0 saturated heterocycles. The van der Waals surface area contributed by atoms with Gasteiger partial charge in [-0.15, -0.1) is 0 Å². The van der Waals surface area contributed by atoms with E-state index >= 15 is 0 Å². The quantitative estimate of drug-likeness (QED) is 0.450. The van der Waals surface area contributed by atoms with Crippen LogP contribution in [0.2, 0.25) is 10.0 Å². The highest BCUT2D eigenvalue weighted by molar-refractivity contribution is 6.55. The minimum Gasteiger partial charge on any atom is -0.490 e. The normalized spacial score (nSPS) is 10.4. The molecule has 0 N–H and O–H groups in total. The lowest BCUT2D eigenvalue weighted by Crippen LogP contribution is -2.06. The maximum Gasteiger partial charge on any atom is 0.156 e. The van der Waals surface area contributed by atoms with E-state index in [0.717, 1.165) is 12.8 Å². The summed E-state index contributed by atoms with van der Waals surface area (Å²) in [6, 6.07) is 3.21. The fourth-order valence-corrected chi connectivity index (χ4v) is 2.36. The standard InChI is InChI=1S/C16H18Cl4O4/c1-11(21)10-22-5-2-3-6-24-16-13(17)8-12(9-14(16)18)23-7-4-15(19)20/h4,8-9H,2-3,5-7,10H2,1H3. The summed E-state index contributed by atoms with van der Waals surface area (Å²) < 4.78 is 16.3. The van der Waals surface area contributed by atoms with Crippen LogP contribution in [-0.4, -0.2) is 32.2 Å². The average molecular weight is 416 g/mol. The van der Waals surface area contributed by atoms with E-state index in [4.69, 9.17) is 60.6 Å². The van der Waals surface area contributed by atoms with Gasteiger partial charge in [-0.1, -0.05) is 46.4 Å². The van der Waals surface area contributed by atoms with Gasteiger partial charge in [0.15, 0.2) is 11.5 Å². The van der Waals surface area contributed by atoms with Crippen LogP contribution in [0.15, 0.2) is 22.7 Å². The second-order valence-corrected chi connectivity index (χ2v) is 6.65. The van der Waals surface area contributed by atoms with Crippen molar-refractivity contribution in [3.05, 3.63) is 32.7 Å². The van der Waals surface area contributed by atoms with Gasteiger partial charge in [-0.2, -0.15) is 0 Å². The van der Waals surface area contributed by atoms with Crippen LogP contribution in [0.3, 0.4) is 0 Å². The topological polar surface area (TPSA) is 44.8 Å². The van der Waals surface area contributed by atoms with Crippen LogP contribution in [0.5, 0.6) is 11.5 Å². The molecular formula is C16H18Cl4O4. The summed E-state index contributed by atoms with van der Waals surface area (Å²) >= 11 is 23.3. The summed E-state index contributed by atoms with van der Waals surface area (Å²) in [5.74, 6) is 0.901. The first kappa shape index (κ1) is 21.4. The smallest absolute Gasteiger partial charge is 0.156 e. The average Bonchev–Trinajstić information content (AvgIpc) is 2.47. The Bertz CT molecular complexity index is 548. The minimum absolute atomic E-state index is 0.0101. The number of ether oxygens (including phenoxy) is 3. The zero-order valence-corrected chi connectivity index (χ0v) is 16.1. The van der Waals surface area contributed by atoms with E-state index in [1.165, 1.54) is 13.0 Å². The Hall–Kier alpha value is -0.650. The van der Waals surface area contributed by atoms with Gasteiger partial charge in [0.1, 0.15) is 23.5 Å². The predicted octanol–water partition coefficient (Wildman–Crippen LogP) is 5.46. The number of carbonyl (C=O) groups excluding carboxylic acids is 1. The van der Waals surface area contributed by atoms with Gasteiger partial charge in [-0.05, 0) is 25.8 Å². The Morgan fingerprint density at radius 1 is 1.08 bits per heavy atom. The molecule has 1 rings (SSSR count). The molecule has 0 spiro atoms. The van der Waals surface area contributed by atoms with E-state index in [0.29, 0.717) is 34.8 Å². The fraction of sp³-hybridized carbons (Fsp3) is 0.438. The molecule has 1 aromatic carbocycles. The van der Waals surface area contributed by atoms with Crippen molar-refractivity contribution in [3.63, 3.8) is 0 Å². The summed E-state index contributed by atoms with van der Waals surface area (Å²) in [6.45, 7) is 2.78. The molecule has 0 amide bonds. The van der Waals surface area contributed by atoms with E-state index < -0.39 is 0 Å². The number of unbranched alkanes of at least 4 members (excludes halogenated alkanes) is 1. The zero-order chi connectivity index (χ0) is 17.9. The fourth-order valence-electron chi connectivity index (χ4n) is 1.66. The summed E-state index contributed by atoms with van der Waals surface area (Å²) in [5.41, 5.74) is 0. The second kappa shape index (κ2) is 11.8. The van der Waals surface area contributed by atoms with Crippen LogP contribution in [0.25, 0.3) is 0 Å². The van der Waals surface area contributed by atoms with Gasteiger partial charge < -0.3 is 14.2 Å². The SMILES string of the molecule is CC(=O)COCCCCOc1c(Cl)cc(OCC=C(Cl)Cl)cc1Cl. The lowest BCUT2D eigenvalue weighted by atomic mass is 10.3. The van der Waals surface area contributed by atoms with Crippen molar-refractivity contribution < 1.29 is 19.0 Å². The van der Waals surface area contributed by atoms with E-state index in [-0.39, 0.29) is 23.5 Å². The lowest BCUT2D eigenvalue weighted by Gasteiger charge is -2.12. The highest BCUT2D eigenvalue weighted by Crippen LogP contribution is 2.37. The molecule has 0 aromatic heterocycles. The van der Waals surface area contributed by atoms with Crippen LogP contribution in [-0.2, 0) is 9.53 Å². The molecule has 0 fully saturated rings. The predicted molar refractivity (Wildman–Crippen MR) is 98.0 cm³/mol. The molecule has 0 aliphatic rings. The number of halogens is 4. The molecule has 0 radical (unpaired) electrons. The van der Waals surface area contributed by atoms with Crippen molar-refractivity contribution in [2.45, 2.75) is 19.8 Å². The number of ketones is 1. The number of Topliss-reactive ketones (excluding diaryl/α,β-unsaturated/α-hetero) is 1. The number of benzene rings is 1. The zero-order valence-electron chi connectivity index (χ0n) is 13.1. The highest BCUT2D eigenvalue weighted by atomic mass is 35.5. The summed E-state index contributed by atoms with van der Waals surface area (Å²) in [6.07, 6.45) is 3.03. The van der Waals surface area contributed by atoms with E-state index in [1.807, 2.05) is 0 Å². The maximum absolute atomic E-state index is 10.7. The largest absolute Gasteiger partial charge is 0.490 e. The molecule has 8 heteroatoms. The van der Waals surface area contributed by atoms with Crippen LogP contribution in [0, 0.1) is 0 Å². The van der Waals surface area contributed by atoms with Crippen molar-refractivity contribution in [2.24, 2.45) is 0 Å². The minimum atomic E-state index is 0.0101. The number of rotatable bonds is 11. The van der Waals surface area contributed by atoms with Crippen LogP contribution < -0.4 is 9.47 Å². The molecule has 1 aromatic rings. The number of carbonyl (C=O) groups is 1. The van der Waals surface area contributed by atoms with Crippen molar-refractivity contribution in [3.8, 4) is 11.5 Å². The molecule has 24 heavy (non-hydrogen) atoms. The van der Waals surface area contributed by atoms with Gasteiger partial charge in [0.2, 0.25) is 0 Å². The third kappa shape index (κ3) is 9.00. The van der Waals surface area contributed by atoms with Crippen LogP contribution in [0.1, 0.15) is 19.8 Å². The van der Waals surface area contributed by atoms with E-state index in [1.54, 1.807) is 12.1 Å². The Morgan fingerprint density at radius 3 is 2.29 bits per heavy atom. The molecule has 0 unspecified atom stereocenters. The molecule has 0 atom stereocenters. The third-order valence-electron chi connectivity index (χ3n) is 2.69. The van der Waals surface area contributed by atoms with E-state index in [2.05, 4.69) is 0 Å². The maximum atomic E-state index is 10.7. The molecule has 0 saturated carbocycles. The molecule has 0 aliphatic carbocycles. The van der Waals surface area contributed by atoms with Crippen LogP contribution >= 0.6 is 46.4 Å². The first-order chi connectivity index (χ1) is 11.4. The van der Waals surface area contributed by atoms with Crippen molar-refractivity contribution in [1.29, 1.82) is 0 Å². The van der Waals surface area contributed by atoms with Gasteiger partial charge in [0, 0.05) is 18.7 Å². The first-order valence-corrected chi connectivity index (χ1v) is 8.74. The lowest BCUT2D eigenvalue weighted by molar-refractivity contribution is -0.121. The molecule has 0 aliphatic heterocycles. The summed E-state index contributed by atoms with van der Waals surface area (Å²) in [7, 11) is 0. The van der Waals surface area contributed by atoms with Crippen LogP contribution in [0.4, 0.5) is 0 Å². The van der Waals surface area contributed by atoms with Gasteiger partial charge in [-0.25, -0.2) is 0 Å². The highest BCUT2D eigenvalue weighted by Gasteiger charge is 2.10. The monoisotopic (exact) mass is 414 g/mol. The number of hydrogen-bond acceptors (Lipinski definition) is 4. The Labute approximate surface area is 161 Å². The van der Waals surface area contributed by atoms with Gasteiger partial charge in [0.25, 0.3) is 0 Å². The molecule has 0 bridgehead atoms. The Kier molecular flexibility index (Phi) is 10.5. The summed E-state index contributed by atoms with van der Waals surface area (Å²) in [4.78, 5) is 10.7. The van der Waals surface area contributed by atoms with Gasteiger partial charge in [0.05, 0.1) is 16.7 Å². The van der Waals surface area contributed by atoms with Crippen molar-refractivity contribution >= 4 is 52.2 Å². The van der Waals surface area contributed by atoms with Gasteiger partial charge >= 0.3 is 0 Å². The number of hydrogen-bond donors (Lipinski definition) is 0. The Morgan fingerprint density at radius 2 is 1.71 bits per heavy atom. The van der Waals surface area contributed by atoms with E-state index in [9.17, 15) is 4.79 Å². The molecular weight excluding hydrogens is 398 g/mol. The van der Waals surface area contributed by atoms with Crippen molar-refractivity contribution in [2.75, 3.05) is 26.4 Å². The summed E-state index contributed by atoms with van der Waals surface area (Å²) in [5, 5.41) is 0.706. The molecule has 134 valence electrons. The Balaban J connectivity index is 2.40. The first-order valence-electron chi connectivity index (χ1n) is 7.23. The molecule has 4 nitrogen and oxygen atoms in total. The van der Waals surface area contributed by atoms with Crippen molar-refractivity contribution in [1.82, 2.24) is 0 Å². The molecule has 0 heterocycles. The van der Waals surface area contributed by atoms with Gasteiger partial charge in [-0.3, -0.25) is 4.79 Å².